The molecule has 0 radical (unpaired) electrons. The van der Waals surface area contributed by atoms with Crippen molar-refractivity contribution in [1.82, 2.24) is 20.7 Å². The summed E-state index contributed by atoms with van der Waals surface area (Å²) < 4.78 is 38.6. The molecule has 2 aliphatic carbocycles. The monoisotopic (exact) mass is 708 g/mol. The Morgan fingerprint density at radius 2 is 1.68 bits per heavy atom. The second-order valence-corrected chi connectivity index (χ2v) is 16.4. The number of rotatable bonds is 8. The largest absolute Gasteiger partial charge is 0.497 e. The highest BCUT2D eigenvalue weighted by Gasteiger charge is 2.61. The normalized spacial score (nSPS) is 25.3. The first kappa shape index (κ1) is 36.9. The van der Waals surface area contributed by atoms with Gasteiger partial charge in [0.1, 0.15) is 29.0 Å². The number of sulfonamides is 1. The lowest BCUT2D eigenvalue weighted by molar-refractivity contribution is -0.133. The van der Waals surface area contributed by atoms with E-state index in [0.717, 1.165) is 29.5 Å². The summed E-state index contributed by atoms with van der Waals surface area (Å²) in [5.74, 6) is -1.74. The number of hydrogen-bond donors (Lipinski definition) is 4. The molecule has 0 spiro atoms. The molecule has 1 aliphatic heterocycles. The molecular weight excluding hydrogens is 660 g/mol. The van der Waals surface area contributed by atoms with E-state index in [9.17, 15) is 27.6 Å². The fourth-order valence-corrected chi connectivity index (χ4v) is 7.50. The van der Waals surface area contributed by atoms with Crippen molar-refractivity contribution in [3.05, 3.63) is 66.2 Å². The zero-order valence-electron chi connectivity index (χ0n) is 29.1. The van der Waals surface area contributed by atoms with E-state index < -0.39 is 68.2 Å². The van der Waals surface area contributed by atoms with Crippen molar-refractivity contribution in [2.45, 2.75) is 107 Å². The Labute approximate surface area is 294 Å². The van der Waals surface area contributed by atoms with Gasteiger partial charge >= 0.3 is 6.09 Å². The Kier molecular flexibility index (Phi) is 11.2. The van der Waals surface area contributed by atoms with Crippen LogP contribution in [-0.4, -0.2) is 67.8 Å². The van der Waals surface area contributed by atoms with Crippen LogP contribution in [0.15, 0.2) is 60.7 Å². The minimum Gasteiger partial charge on any atom is -0.497 e. The van der Waals surface area contributed by atoms with Crippen LogP contribution in [0.4, 0.5) is 4.79 Å². The van der Waals surface area contributed by atoms with Crippen molar-refractivity contribution in [3.8, 4) is 16.9 Å². The van der Waals surface area contributed by atoms with Gasteiger partial charge in [-0.3, -0.25) is 19.1 Å². The number of alkyl carbamates (subject to hydrolysis) is 1. The van der Waals surface area contributed by atoms with Crippen LogP contribution < -0.4 is 25.4 Å². The van der Waals surface area contributed by atoms with Crippen molar-refractivity contribution >= 4 is 33.8 Å². The standard InChI is InChI=1S/C37H48N4O8S/c1-36(2,3)49-35(45)39-30-17-9-7-5-6-8-15-27-23-37(27,34(44)41-50(46,47)29-18-19-29)40-33(43)31(38-32(30)42)21-24-12-10-13-25(20-24)26-14-11-16-28(22-26)48-4/h8,10-16,20,22,27,29-31H,5-7,9,17-19,21,23H2,1-4H3,(H,38,42)(H,39,45)(H,40,43)(H,41,44)/b15-8-/t27-,30+,31+,37-/m1/s1. The number of carbonyl (C=O) groups is 4. The molecule has 5 rings (SSSR count). The van der Waals surface area contributed by atoms with Crippen LogP contribution in [0.5, 0.6) is 5.75 Å². The van der Waals surface area contributed by atoms with Gasteiger partial charge < -0.3 is 25.4 Å². The molecule has 13 heteroatoms. The number of hydrogen-bond acceptors (Lipinski definition) is 8. The fourth-order valence-electron chi connectivity index (χ4n) is 6.14. The summed E-state index contributed by atoms with van der Waals surface area (Å²) in [6, 6.07) is 12.9. The molecule has 0 saturated heterocycles. The highest BCUT2D eigenvalue weighted by atomic mass is 32.2. The Balaban J connectivity index is 1.45. The third-order valence-corrected chi connectivity index (χ3v) is 10.9. The molecule has 50 heavy (non-hydrogen) atoms. The SMILES string of the molecule is COc1cccc(-c2cccc(C[C@@H]3NC(=O)[C@@H](NC(=O)OC(C)(C)C)CCCCC/C=C\[C@@H]4C[C@@]4(C(=O)NS(=O)(=O)C4CC4)NC3=O)c2)c1. The van der Waals surface area contributed by atoms with Crippen molar-refractivity contribution in [2.75, 3.05) is 7.11 Å². The lowest BCUT2D eigenvalue weighted by Gasteiger charge is -2.27. The zero-order valence-corrected chi connectivity index (χ0v) is 29.9. The maximum atomic E-state index is 14.2. The first-order valence-electron chi connectivity index (χ1n) is 17.3. The molecular formula is C37H48N4O8S. The highest BCUT2D eigenvalue weighted by molar-refractivity contribution is 7.91. The average molecular weight is 709 g/mol. The molecule has 4 atom stereocenters. The zero-order chi connectivity index (χ0) is 36.1. The van der Waals surface area contributed by atoms with Crippen molar-refractivity contribution in [2.24, 2.45) is 5.92 Å². The minimum atomic E-state index is -3.88. The van der Waals surface area contributed by atoms with Gasteiger partial charge in [0.15, 0.2) is 0 Å². The molecule has 1 heterocycles. The minimum absolute atomic E-state index is 0.0487. The molecule has 2 aromatic rings. The van der Waals surface area contributed by atoms with E-state index in [2.05, 4.69) is 20.7 Å². The third kappa shape index (κ3) is 9.64. The molecule has 12 nitrogen and oxygen atoms in total. The second-order valence-electron chi connectivity index (χ2n) is 14.4. The number of carbonyl (C=O) groups excluding carboxylic acids is 4. The van der Waals surface area contributed by atoms with Crippen molar-refractivity contribution in [1.29, 1.82) is 0 Å². The Morgan fingerprint density at radius 3 is 2.38 bits per heavy atom. The molecule has 4 N–H and O–H groups in total. The van der Waals surface area contributed by atoms with Gasteiger partial charge in [0.25, 0.3) is 5.91 Å². The smallest absolute Gasteiger partial charge is 0.408 e. The maximum Gasteiger partial charge on any atom is 0.408 e. The average Bonchev–Trinajstić information content (AvgIpc) is 3.99. The van der Waals surface area contributed by atoms with Gasteiger partial charge in [-0.05, 0) is 88.1 Å². The van der Waals surface area contributed by atoms with Gasteiger partial charge in [-0.2, -0.15) is 0 Å². The van der Waals surface area contributed by atoms with E-state index in [1.807, 2.05) is 60.7 Å². The van der Waals surface area contributed by atoms with Crippen LogP contribution in [0.25, 0.3) is 11.1 Å². The van der Waals surface area contributed by atoms with Gasteiger partial charge in [0.05, 0.1) is 12.4 Å². The number of amides is 4. The predicted octanol–water partition coefficient (Wildman–Crippen LogP) is 4.29. The van der Waals surface area contributed by atoms with Gasteiger partial charge in [-0.1, -0.05) is 61.4 Å². The van der Waals surface area contributed by atoms with Gasteiger partial charge in [0, 0.05) is 12.3 Å². The molecule has 2 fully saturated rings. The number of ether oxygens (including phenoxy) is 2. The highest BCUT2D eigenvalue weighted by Crippen LogP contribution is 2.46. The second kappa shape index (κ2) is 15.2. The summed E-state index contributed by atoms with van der Waals surface area (Å²) in [5, 5.41) is 7.75. The van der Waals surface area contributed by atoms with E-state index in [0.29, 0.717) is 37.9 Å². The van der Waals surface area contributed by atoms with Crippen LogP contribution in [0, 0.1) is 5.92 Å². The Bertz CT molecular complexity index is 1730. The topological polar surface area (TPSA) is 169 Å². The van der Waals surface area contributed by atoms with E-state index in [1.165, 1.54) is 0 Å². The molecule has 0 bridgehead atoms. The quantitative estimate of drug-likeness (QED) is 0.295. The predicted molar refractivity (Wildman–Crippen MR) is 189 cm³/mol. The third-order valence-electron chi connectivity index (χ3n) is 9.11. The summed E-state index contributed by atoms with van der Waals surface area (Å²) in [6.07, 6.45) is 7.52. The van der Waals surface area contributed by atoms with Crippen LogP contribution in [0.1, 0.15) is 77.7 Å². The van der Waals surface area contributed by atoms with Gasteiger partial charge in [-0.15, -0.1) is 0 Å². The fraction of sp³-hybridized carbons (Fsp3) is 0.514. The number of fused-ring (bicyclic) bond motifs is 1. The van der Waals surface area contributed by atoms with Crippen LogP contribution in [-0.2, 0) is 35.6 Å². The summed E-state index contributed by atoms with van der Waals surface area (Å²) in [6.45, 7) is 5.18. The molecule has 0 unspecified atom stereocenters. The first-order valence-corrected chi connectivity index (χ1v) is 18.8. The van der Waals surface area contributed by atoms with Gasteiger partial charge in [-0.25, -0.2) is 13.2 Å². The van der Waals surface area contributed by atoms with Crippen LogP contribution >= 0.6 is 0 Å². The van der Waals surface area contributed by atoms with E-state index in [4.69, 9.17) is 9.47 Å². The lowest BCUT2D eigenvalue weighted by Crippen LogP contribution is -2.59. The Hall–Kier alpha value is -4.39. The summed E-state index contributed by atoms with van der Waals surface area (Å²) >= 11 is 0. The lowest BCUT2D eigenvalue weighted by atomic mass is 9.98. The molecule has 0 aromatic heterocycles. The molecule has 2 saturated carbocycles. The van der Waals surface area contributed by atoms with E-state index in [1.54, 1.807) is 27.9 Å². The van der Waals surface area contributed by atoms with Crippen molar-refractivity contribution in [3.63, 3.8) is 0 Å². The number of methoxy groups -OCH3 is 1. The summed E-state index contributed by atoms with van der Waals surface area (Å²) in [4.78, 5) is 54.5. The summed E-state index contributed by atoms with van der Waals surface area (Å²) in [5.41, 5.74) is 0.204. The van der Waals surface area contributed by atoms with Crippen LogP contribution in [0.3, 0.4) is 0 Å². The molecule has 3 aliphatic rings. The van der Waals surface area contributed by atoms with E-state index >= 15 is 0 Å². The summed E-state index contributed by atoms with van der Waals surface area (Å²) in [7, 11) is -2.29. The first-order chi connectivity index (χ1) is 23.7. The number of allylic oxidation sites excluding steroid dienone is 1. The Morgan fingerprint density at radius 1 is 0.960 bits per heavy atom. The molecule has 4 amide bonds. The van der Waals surface area contributed by atoms with E-state index in [-0.39, 0.29) is 12.8 Å². The maximum absolute atomic E-state index is 14.2. The van der Waals surface area contributed by atoms with Crippen LogP contribution in [0.2, 0.25) is 0 Å². The van der Waals surface area contributed by atoms with Crippen molar-refractivity contribution < 1.29 is 37.1 Å². The number of benzene rings is 2. The van der Waals surface area contributed by atoms with Gasteiger partial charge in [0.2, 0.25) is 21.8 Å². The molecule has 270 valence electrons. The number of nitrogens with one attached hydrogen (secondary N) is 4. The molecule has 2 aromatic carbocycles.